The van der Waals surface area contributed by atoms with Crippen LogP contribution in [0.4, 0.5) is 5.69 Å². The van der Waals surface area contributed by atoms with Gasteiger partial charge >= 0.3 is 5.97 Å². The van der Waals surface area contributed by atoms with E-state index in [2.05, 4.69) is 15.6 Å². The minimum atomic E-state index is -0.969. The Kier molecular flexibility index (Phi) is 7.96. The predicted octanol–water partition coefficient (Wildman–Crippen LogP) is 4.44. The van der Waals surface area contributed by atoms with E-state index in [1.165, 1.54) is 16.7 Å². The number of carbonyl (C=O) groups is 3. The molecule has 200 valence electrons. The zero-order chi connectivity index (χ0) is 27.2. The van der Waals surface area contributed by atoms with E-state index in [1.807, 2.05) is 54.6 Å². The summed E-state index contributed by atoms with van der Waals surface area (Å²) in [6.45, 7) is -0.150. The summed E-state index contributed by atoms with van der Waals surface area (Å²) in [7, 11) is 1.30. The van der Waals surface area contributed by atoms with Crippen molar-refractivity contribution in [1.29, 1.82) is 0 Å². The van der Waals surface area contributed by atoms with Crippen molar-refractivity contribution in [2.45, 2.75) is 50.7 Å². The molecule has 39 heavy (non-hydrogen) atoms. The molecule has 0 spiro atoms. The first-order chi connectivity index (χ1) is 19.0. The van der Waals surface area contributed by atoms with Crippen LogP contribution in [0.2, 0.25) is 0 Å². The number of rotatable bonds is 8. The summed E-state index contributed by atoms with van der Waals surface area (Å²) in [4.78, 5) is 42.0. The number of esters is 1. The molecule has 0 saturated heterocycles. The van der Waals surface area contributed by atoms with Crippen molar-refractivity contribution in [1.82, 2.24) is 20.3 Å². The van der Waals surface area contributed by atoms with Crippen molar-refractivity contribution < 1.29 is 19.1 Å². The summed E-state index contributed by atoms with van der Waals surface area (Å²) in [5.74, 6) is -1.18. The van der Waals surface area contributed by atoms with E-state index in [1.54, 1.807) is 24.3 Å². The molecule has 1 aliphatic rings. The van der Waals surface area contributed by atoms with Gasteiger partial charge in [-0.05, 0) is 48.7 Å². The smallest absolute Gasteiger partial charge is 0.337 e. The van der Waals surface area contributed by atoms with Gasteiger partial charge in [0.1, 0.15) is 18.1 Å². The van der Waals surface area contributed by atoms with Crippen molar-refractivity contribution in [3.05, 3.63) is 90.0 Å². The van der Waals surface area contributed by atoms with E-state index >= 15 is 0 Å². The van der Waals surface area contributed by atoms with E-state index in [0.717, 1.165) is 32.1 Å². The second-order valence-corrected chi connectivity index (χ2v) is 9.70. The highest BCUT2D eigenvalue weighted by atomic mass is 16.5. The third kappa shape index (κ3) is 5.82. The Balaban J connectivity index is 1.58. The molecule has 0 aliphatic heterocycles. The number of nitrogens with one attached hydrogen (secondary N) is 1. The van der Waals surface area contributed by atoms with Gasteiger partial charge in [-0.25, -0.2) is 9.48 Å². The molecule has 2 amide bonds. The normalized spacial score (nSPS) is 14.5. The van der Waals surface area contributed by atoms with Gasteiger partial charge in [-0.3, -0.25) is 14.5 Å². The minimum absolute atomic E-state index is 0.0510. The Morgan fingerprint density at radius 1 is 0.974 bits per heavy atom. The Morgan fingerprint density at radius 3 is 2.49 bits per heavy atom. The van der Waals surface area contributed by atoms with Gasteiger partial charge in [-0.2, -0.15) is 0 Å². The molecular weight excluding hydrogens is 494 g/mol. The van der Waals surface area contributed by atoms with Crippen molar-refractivity contribution in [3.63, 3.8) is 0 Å². The number of benzene rings is 3. The van der Waals surface area contributed by atoms with Gasteiger partial charge in [0.05, 0.1) is 18.2 Å². The van der Waals surface area contributed by atoms with E-state index in [9.17, 15) is 14.4 Å². The van der Waals surface area contributed by atoms with Crippen LogP contribution in [0.1, 0.15) is 54.1 Å². The van der Waals surface area contributed by atoms with E-state index in [0.29, 0.717) is 22.3 Å². The standard InChI is InChI=1S/C30H31N5O4/c1-39-30(38)22-13-10-16-24(19-22)35(27(36)20-34-26-18-9-8-17-25(26)32-33-34)28(21-11-4-2-5-12-21)29(37)31-23-14-6-3-7-15-23/h2,4-5,8-13,16-19,23,28H,3,6-7,14-15,20H2,1H3,(H,31,37)/t28-/m1/s1. The first kappa shape index (κ1) is 26.1. The maximum absolute atomic E-state index is 14.2. The van der Waals surface area contributed by atoms with Gasteiger partial charge in [-0.15, -0.1) is 5.10 Å². The molecule has 1 atom stereocenters. The highest BCUT2D eigenvalue weighted by Crippen LogP contribution is 2.30. The summed E-state index contributed by atoms with van der Waals surface area (Å²) in [6, 6.07) is 22.3. The van der Waals surface area contributed by atoms with Gasteiger partial charge < -0.3 is 10.1 Å². The Morgan fingerprint density at radius 2 is 1.72 bits per heavy atom. The number of anilines is 1. The van der Waals surface area contributed by atoms with Crippen LogP contribution in [0, 0.1) is 0 Å². The SMILES string of the molecule is COC(=O)c1cccc(N(C(=O)Cn2nnc3ccccc32)[C@@H](C(=O)NC2CCCCC2)c2ccccc2)c1. The fourth-order valence-electron chi connectivity index (χ4n) is 5.16. The lowest BCUT2D eigenvalue weighted by atomic mass is 9.94. The first-order valence-corrected chi connectivity index (χ1v) is 13.2. The second-order valence-electron chi connectivity index (χ2n) is 9.70. The summed E-state index contributed by atoms with van der Waals surface area (Å²) < 4.78 is 6.44. The minimum Gasteiger partial charge on any atom is -0.465 e. The third-order valence-electron chi connectivity index (χ3n) is 7.09. The molecule has 1 fully saturated rings. The van der Waals surface area contributed by atoms with Crippen LogP contribution in [0.15, 0.2) is 78.9 Å². The van der Waals surface area contributed by atoms with E-state index in [-0.39, 0.29) is 30.0 Å². The molecular formula is C30H31N5O4. The number of amides is 2. The van der Waals surface area contributed by atoms with Crippen LogP contribution >= 0.6 is 0 Å². The van der Waals surface area contributed by atoms with Gasteiger partial charge in [0.25, 0.3) is 0 Å². The fourth-order valence-corrected chi connectivity index (χ4v) is 5.16. The molecule has 1 aliphatic carbocycles. The number of ether oxygens (including phenoxy) is 1. The molecule has 1 saturated carbocycles. The molecule has 1 aromatic heterocycles. The zero-order valence-corrected chi connectivity index (χ0v) is 21.8. The Bertz CT molecular complexity index is 1460. The van der Waals surface area contributed by atoms with Crippen LogP contribution in [0.3, 0.4) is 0 Å². The van der Waals surface area contributed by atoms with Crippen LogP contribution in [0.25, 0.3) is 11.0 Å². The van der Waals surface area contributed by atoms with Gasteiger partial charge in [0.15, 0.2) is 0 Å². The number of fused-ring (bicyclic) bond motifs is 1. The average Bonchev–Trinajstić information content (AvgIpc) is 3.38. The van der Waals surface area contributed by atoms with Crippen molar-refractivity contribution in [2.24, 2.45) is 0 Å². The highest BCUT2D eigenvalue weighted by Gasteiger charge is 2.34. The number of aromatic nitrogens is 3. The number of carbonyl (C=O) groups excluding carboxylic acids is 3. The maximum Gasteiger partial charge on any atom is 0.337 e. The molecule has 5 rings (SSSR count). The van der Waals surface area contributed by atoms with Crippen LogP contribution in [-0.4, -0.2) is 45.9 Å². The monoisotopic (exact) mass is 525 g/mol. The summed E-state index contributed by atoms with van der Waals surface area (Å²) in [5, 5.41) is 11.6. The molecule has 0 bridgehead atoms. The van der Waals surface area contributed by atoms with Crippen LogP contribution < -0.4 is 10.2 Å². The molecule has 9 nitrogen and oxygen atoms in total. The summed E-state index contributed by atoms with van der Waals surface area (Å²) in [6.07, 6.45) is 5.09. The molecule has 1 N–H and O–H groups in total. The number of hydrogen-bond acceptors (Lipinski definition) is 6. The lowest BCUT2D eigenvalue weighted by molar-refractivity contribution is -0.127. The van der Waals surface area contributed by atoms with Crippen molar-refractivity contribution in [2.75, 3.05) is 12.0 Å². The molecule has 3 aromatic carbocycles. The van der Waals surface area contributed by atoms with Gasteiger partial charge in [0, 0.05) is 11.7 Å². The lowest BCUT2D eigenvalue weighted by Gasteiger charge is -2.33. The molecule has 1 heterocycles. The largest absolute Gasteiger partial charge is 0.465 e. The van der Waals surface area contributed by atoms with Crippen LogP contribution in [-0.2, 0) is 20.9 Å². The maximum atomic E-state index is 14.2. The van der Waals surface area contributed by atoms with Gasteiger partial charge in [-0.1, -0.05) is 73.0 Å². The Hall–Kier alpha value is -4.53. The molecule has 0 radical (unpaired) electrons. The predicted molar refractivity (Wildman–Crippen MR) is 147 cm³/mol. The molecule has 9 heteroatoms. The number of methoxy groups -OCH3 is 1. The quantitative estimate of drug-likeness (QED) is 0.341. The summed E-state index contributed by atoms with van der Waals surface area (Å²) >= 11 is 0. The Labute approximate surface area is 226 Å². The molecule has 4 aromatic rings. The van der Waals surface area contributed by atoms with Crippen molar-refractivity contribution >= 4 is 34.5 Å². The number of hydrogen-bond donors (Lipinski definition) is 1. The van der Waals surface area contributed by atoms with Crippen LogP contribution in [0.5, 0.6) is 0 Å². The second kappa shape index (κ2) is 11.9. The van der Waals surface area contributed by atoms with Gasteiger partial charge in [0.2, 0.25) is 11.8 Å². The summed E-state index contributed by atoms with van der Waals surface area (Å²) in [5.41, 5.74) is 2.71. The third-order valence-corrected chi connectivity index (χ3v) is 7.09. The number of nitrogens with zero attached hydrogens (tertiary/aromatic N) is 4. The van der Waals surface area contributed by atoms with E-state index in [4.69, 9.17) is 4.74 Å². The lowest BCUT2D eigenvalue weighted by Crippen LogP contribution is -2.48. The topological polar surface area (TPSA) is 106 Å². The number of para-hydroxylation sites is 1. The average molecular weight is 526 g/mol. The van der Waals surface area contributed by atoms with Crippen molar-refractivity contribution in [3.8, 4) is 0 Å². The highest BCUT2D eigenvalue weighted by molar-refractivity contribution is 6.02. The first-order valence-electron chi connectivity index (χ1n) is 13.2. The van der Waals surface area contributed by atoms with E-state index < -0.39 is 12.0 Å². The molecule has 0 unspecified atom stereocenters. The zero-order valence-electron chi connectivity index (χ0n) is 21.8. The fraction of sp³-hybridized carbons (Fsp3) is 0.300.